The minimum atomic E-state index is -0.358. The zero-order valence-electron chi connectivity index (χ0n) is 10.1. The monoisotopic (exact) mass is 239 g/mol. The van der Waals surface area contributed by atoms with Gasteiger partial charge in [-0.05, 0) is 30.2 Å². The highest BCUT2D eigenvalue weighted by atomic mass is 16.3. The van der Waals surface area contributed by atoms with E-state index >= 15 is 0 Å². The van der Waals surface area contributed by atoms with Gasteiger partial charge in [0, 0.05) is 18.7 Å². The van der Waals surface area contributed by atoms with Gasteiger partial charge in [0.1, 0.15) is 5.76 Å². The summed E-state index contributed by atoms with van der Waals surface area (Å²) in [5.74, 6) is 1.32. The molecule has 18 heavy (non-hydrogen) atoms. The Balaban J connectivity index is 1.86. The minimum Gasteiger partial charge on any atom is -0.469 e. The van der Waals surface area contributed by atoms with Crippen LogP contribution in [0.5, 0.6) is 0 Å². The number of furan rings is 1. The van der Waals surface area contributed by atoms with E-state index < -0.39 is 0 Å². The lowest BCUT2D eigenvalue weighted by atomic mass is 9.94. The first-order chi connectivity index (χ1) is 8.75. The SMILES string of the molecule is CN1C(=O)[C@]2(C[C@@H]2c2ccco2)c2ccccc21. The van der Waals surface area contributed by atoms with Crippen LogP contribution in [0.4, 0.5) is 5.69 Å². The van der Waals surface area contributed by atoms with Crippen LogP contribution in [0.15, 0.2) is 47.1 Å². The van der Waals surface area contributed by atoms with Crippen molar-refractivity contribution < 1.29 is 9.21 Å². The molecule has 2 heterocycles. The second-order valence-electron chi connectivity index (χ2n) is 5.12. The van der Waals surface area contributed by atoms with Crippen molar-refractivity contribution >= 4 is 11.6 Å². The number of para-hydroxylation sites is 1. The summed E-state index contributed by atoms with van der Waals surface area (Å²) in [5.41, 5.74) is 1.83. The number of amides is 1. The van der Waals surface area contributed by atoms with E-state index in [9.17, 15) is 4.79 Å². The maximum Gasteiger partial charge on any atom is 0.238 e. The lowest BCUT2D eigenvalue weighted by molar-refractivity contribution is -0.120. The van der Waals surface area contributed by atoms with Crippen LogP contribution in [-0.4, -0.2) is 13.0 Å². The molecular formula is C15H13NO2. The second-order valence-corrected chi connectivity index (χ2v) is 5.12. The number of rotatable bonds is 1. The Bertz CT molecular complexity index is 632. The molecule has 1 saturated carbocycles. The average Bonchev–Trinajstić information content (AvgIpc) is 2.84. The van der Waals surface area contributed by atoms with Gasteiger partial charge in [-0.2, -0.15) is 0 Å². The van der Waals surface area contributed by atoms with Crippen molar-refractivity contribution in [2.75, 3.05) is 11.9 Å². The number of hydrogen-bond donors (Lipinski definition) is 0. The van der Waals surface area contributed by atoms with E-state index in [1.54, 1.807) is 11.2 Å². The Labute approximate surface area is 105 Å². The number of benzene rings is 1. The number of fused-ring (bicyclic) bond motifs is 2. The van der Waals surface area contributed by atoms with Crippen LogP contribution < -0.4 is 4.90 Å². The van der Waals surface area contributed by atoms with Gasteiger partial charge in [-0.3, -0.25) is 4.79 Å². The average molecular weight is 239 g/mol. The molecule has 3 heteroatoms. The molecule has 1 amide bonds. The van der Waals surface area contributed by atoms with Crippen LogP contribution >= 0.6 is 0 Å². The van der Waals surface area contributed by atoms with Gasteiger partial charge in [-0.1, -0.05) is 18.2 Å². The molecule has 0 N–H and O–H groups in total. The fourth-order valence-electron chi connectivity index (χ4n) is 3.30. The van der Waals surface area contributed by atoms with E-state index in [4.69, 9.17) is 4.42 Å². The molecule has 90 valence electrons. The molecular weight excluding hydrogens is 226 g/mol. The molecule has 2 atom stereocenters. The molecule has 2 aliphatic rings. The minimum absolute atomic E-state index is 0.199. The highest BCUT2D eigenvalue weighted by Crippen LogP contribution is 2.65. The molecule has 4 rings (SSSR count). The third-order valence-electron chi connectivity index (χ3n) is 4.28. The third kappa shape index (κ3) is 0.980. The van der Waals surface area contributed by atoms with Crippen molar-refractivity contribution in [1.82, 2.24) is 0 Å². The molecule has 1 aliphatic heterocycles. The molecule has 0 bridgehead atoms. The van der Waals surface area contributed by atoms with E-state index in [1.165, 1.54) is 0 Å². The molecule has 1 spiro atoms. The fourth-order valence-corrected chi connectivity index (χ4v) is 3.30. The van der Waals surface area contributed by atoms with Crippen molar-refractivity contribution in [3.8, 4) is 0 Å². The third-order valence-corrected chi connectivity index (χ3v) is 4.28. The Morgan fingerprint density at radius 3 is 2.89 bits per heavy atom. The summed E-state index contributed by atoms with van der Waals surface area (Å²) in [6, 6.07) is 11.9. The summed E-state index contributed by atoms with van der Waals surface area (Å²) < 4.78 is 5.47. The van der Waals surface area contributed by atoms with Gasteiger partial charge in [-0.15, -0.1) is 0 Å². The fraction of sp³-hybridized carbons (Fsp3) is 0.267. The van der Waals surface area contributed by atoms with Crippen molar-refractivity contribution in [1.29, 1.82) is 0 Å². The van der Waals surface area contributed by atoms with Crippen molar-refractivity contribution in [3.63, 3.8) is 0 Å². The zero-order valence-corrected chi connectivity index (χ0v) is 10.1. The van der Waals surface area contributed by atoms with Crippen molar-refractivity contribution in [3.05, 3.63) is 54.0 Å². The van der Waals surface area contributed by atoms with Crippen LogP contribution in [0.2, 0.25) is 0 Å². The van der Waals surface area contributed by atoms with Gasteiger partial charge in [0.25, 0.3) is 0 Å². The summed E-state index contributed by atoms with van der Waals surface area (Å²) in [5, 5.41) is 0. The Kier molecular flexibility index (Phi) is 1.68. The van der Waals surface area contributed by atoms with Crippen LogP contribution in [-0.2, 0) is 10.2 Å². The maximum atomic E-state index is 12.5. The molecule has 1 fully saturated rings. The predicted octanol–water partition coefficient (Wildman–Crippen LogP) is 2.68. The Hall–Kier alpha value is -2.03. The maximum absolute atomic E-state index is 12.5. The first kappa shape index (κ1) is 9.95. The van der Waals surface area contributed by atoms with Crippen LogP contribution in [0.25, 0.3) is 0 Å². The van der Waals surface area contributed by atoms with Crippen LogP contribution in [0.3, 0.4) is 0 Å². The number of nitrogens with zero attached hydrogens (tertiary/aromatic N) is 1. The molecule has 0 unspecified atom stereocenters. The van der Waals surface area contributed by atoms with E-state index in [1.807, 2.05) is 37.4 Å². The standard InChI is InChI=1S/C15H13NO2/c1-16-12-6-3-2-5-10(12)15(14(16)17)9-11(15)13-7-4-8-18-13/h2-8,11H,9H2,1H3/t11-,15-/m1/s1. The van der Waals surface area contributed by atoms with Crippen LogP contribution in [0, 0.1) is 0 Å². The molecule has 1 aromatic carbocycles. The summed E-state index contributed by atoms with van der Waals surface area (Å²) >= 11 is 0. The number of carbonyl (C=O) groups excluding carboxylic acids is 1. The largest absolute Gasteiger partial charge is 0.469 e. The van der Waals surface area contributed by atoms with E-state index in [0.717, 1.165) is 23.4 Å². The molecule has 1 aromatic heterocycles. The zero-order chi connectivity index (χ0) is 12.3. The predicted molar refractivity (Wildman–Crippen MR) is 67.6 cm³/mol. The first-order valence-electron chi connectivity index (χ1n) is 6.16. The van der Waals surface area contributed by atoms with Crippen molar-refractivity contribution in [2.45, 2.75) is 17.8 Å². The normalized spacial score (nSPS) is 28.8. The molecule has 0 radical (unpaired) electrons. The Morgan fingerprint density at radius 2 is 2.11 bits per heavy atom. The van der Waals surface area contributed by atoms with Gasteiger partial charge >= 0.3 is 0 Å². The highest BCUT2D eigenvalue weighted by molar-refractivity contribution is 6.11. The smallest absolute Gasteiger partial charge is 0.238 e. The lowest BCUT2D eigenvalue weighted by Gasteiger charge is -2.10. The highest BCUT2D eigenvalue weighted by Gasteiger charge is 2.67. The molecule has 2 aromatic rings. The van der Waals surface area contributed by atoms with Gasteiger partial charge < -0.3 is 9.32 Å². The number of anilines is 1. The summed E-state index contributed by atoms with van der Waals surface area (Å²) in [6.07, 6.45) is 2.54. The van der Waals surface area contributed by atoms with Gasteiger partial charge in [0.2, 0.25) is 5.91 Å². The Morgan fingerprint density at radius 1 is 1.28 bits per heavy atom. The second kappa shape index (κ2) is 3.05. The van der Waals surface area contributed by atoms with E-state index in [2.05, 4.69) is 6.07 Å². The molecule has 3 nitrogen and oxygen atoms in total. The first-order valence-corrected chi connectivity index (χ1v) is 6.16. The van der Waals surface area contributed by atoms with Gasteiger partial charge in [-0.25, -0.2) is 0 Å². The molecule has 0 saturated heterocycles. The topological polar surface area (TPSA) is 33.5 Å². The van der Waals surface area contributed by atoms with Gasteiger partial charge in [0.15, 0.2) is 0 Å². The van der Waals surface area contributed by atoms with E-state index in [0.29, 0.717) is 0 Å². The van der Waals surface area contributed by atoms with Gasteiger partial charge in [0.05, 0.1) is 11.7 Å². The molecule has 1 aliphatic carbocycles. The van der Waals surface area contributed by atoms with Crippen LogP contribution in [0.1, 0.15) is 23.7 Å². The van der Waals surface area contributed by atoms with E-state index in [-0.39, 0.29) is 17.2 Å². The summed E-state index contributed by atoms with van der Waals surface area (Å²) in [6.45, 7) is 0. The quantitative estimate of drug-likeness (QED) is 0.766. The number of likely N-dealkylation sites (N-methyl/N-ethyl adjacent to an activating group) is 1. The number of carbonyl (C=O) groups is 1. The number of hydrogen-bond acceptors (Lipinski definition) is 2. The summed E-state index contributed by atoms with van der Waals surface area (Å²) in [7, 11) is 1.85. The summed E-state index contributed by atoms with van der Waals surface area (Å²) in [4.78, 5) is 14.3. The van der Waals surface area contributed by atoms with Crippen molar-refractivity contribution in [2.24, 2.45) is 0 Å². The lowest BCUT2D eigenvalue weighted by Crippen LogP contribution is -2.29.